The SMILES string of the molecule is c1ccc2c(c1)c1ccccc1c1c3cccnc3ccc21. The summed E-state index contributed by atoms with van der Waals surface area (Å²) in [7, 11) is 0. The van der Waals surface area contributed by atoms with Crippen molar-refractivity contribution in [3.05, 3.63) is 79.0 Å². The van der Waals surface area contributed by atoms with Crippen LogP contribution in [0.1, 0.15) is 0 Å². The molecule has 1 heteroatoms. The van der Waals surface area contributed by atoms with Gasteiger partial charge in [-0.25, -0.2) is 0 Å². The quantitative estimate of drug-likeness (QED) is 0.332. The molecule has 0 fully saturated rings. The van der Waals surface area contributed by atoms with Gasteiger partial charge in [0.25, 0.3) is 0 Å². The van der Waals surface area contributed by atoms with E-state index in [-0.39, 0.29) is 0 Å². The number of nitrogens with zero attached hydrogens (tertiary/aromatic N) is 1. The van der Waals surface area contributed by atoms with Crippen LogP contribution in [0.15, 0.2) is 79.0 Å². The van der Waals surface area contributed by atoms with Gasteiger partial charge in [0.2, 0.25) is 0 Å². The molecular formula is C21H13N. The van der Waals surface area contributed by atoms with E-state index in [0.717, 1.165) is 5.52 Å². The van der Waals surface area contributed by atoms with Gasteiger partial charge in [0.05, 0.1) is 5.52 Å². The largest absolute Gasteiger partial charge is 0.256 e. The summed E-state index contributed by atoms with van der Waals surface area (Å²) in [6.45, 7) is 0. The first-order valence-corrected chi connectivity index (χ1v) is 7.50. The van der Waals surface area contributed by atoms with Crippen LogP contribution in [0.4, 0.5) is 0 Å². The second-order valence-electron chi connectivity index (χ2n) is 5.65. The molecule has 1 aromatic heterocycles. The number of benzene rings is 4. The summed E-state index contributed by atoms with van der Waals surface area (Å²) >= 11 is 0. The highest BCUT2D eigenvalue weighted by molar-refractivity contribution is 6.31. The fourth-order valence-electron chi connectivity index (χ4n) is 3.56. The van der Waals surface area contributed by atoms with Crippen molar-refractivity contribution in [3.8, 4) is 0 Å². The normalized spacial score (nSPS) is 11.6. The third-order valence-electron chi connectivity index (χ3n) is 4.49. The monoisotopic (exact) mass is 279 g/mol. The molecule has 102 valence electrons. The van der Waals surface area contributed by atoms with Gasteiger partial charge in [-0.05, 0) is 44.5 Å². The van der Waals surface area contributed by atoms with Crippen LogP contribution in [0.25, 0.3) is 43.2 Å². The molecule has 1 heterocycles. The number of fused-ring (bicyclic) bond motifs is 8. The highest BCUT2D eigenvalue weighted by Crippen LogP contribution is 2.37. The molecule has 0 aliphatic rings. The smallest absolute Gasteiger partial charge is 0.0708 e. The fraction of sp³-hybridized carbons (Fsp3) is 0. The fourth-order valence-corrected chi connectivity index (χ4v) is 3.56. The van der Waals surface area contributed by atoms with E-state index in [1.165, 1.54) is 37.7 Å². The molecule has 5 rings (SSSR count). The van der Waals surface area contributed by atoms with E-state index < -0.39 is 0 Å². The summed E-state index contributed by atoms with van der Waals surface area (Å²) in [6, 6.07) is 25.8. The number of hydrogen-bond acceptors (Lipinski definition) is 1. The summed E-state index contributed by atoms with van der Waals surface area (Å²) < 4.78 is 0. The summed E-state index contributed by atoms with van der Waals surface area (Å²) in [5, 5.41) is 9.06. The molecular weight excluding hydrogens is 266 g/mol. The minimum atomic E-state index is 1.05. The zero-order chi connectivity index (χ0) is 14.5. The Morgan fingerprint density at radius 3 is 1.73 bits per heavy atom. The van der Waals surface area contributed by atoms with Crippen LogP contribution >= 0.6 is 0 Å². The van der Waals surface area contributed by atoms with Gasteiger partial charge in [-0.3, -0.25) is 4.98 Å². The standard InChI is InChI=1S/C21H13N/c1-2-8-16-14(6-1)15-7-3-4-9-17(15)21-18(16)11-12-20-19(21)10-5-13-22-20/h1-13H. The zero-order valence-corrected chi connectivity index (χ0v) is 12.0. The van der Waals surface area contributed by atoms with E-state index in [2.05, 4.69) is 71.7 Å². The maximum Gasteiger partial charge on any atom is 0.0708 e. The van der Waals surface area contributed by atoms with Crippen LogP contribution in [0.3, 0.4) is 0 Å². The second-order valence-corrected chi connectivity index (χ2v) is 5.65. The van der Waals surface area contributed by atoms with Gasteiger partial charge in [0.15, 0.2) is 0 Å². The average molecular weight is 279 g/mol. The molecule has 0 saturated heterocycles. The van der Waals surface area contributed by atoms with Crippen LogP contribution in [0.2, 0.25) is 0 Å². The lowest BCUT2D eigenvalue weighted by Crippen LogP contribution is -1.85. The molecule has 0 N–H and O–H groups in total. The van der Waals surface area contributed by atoms with E-state index in [9.17, 15) is 0 Å². The first-order valence-electron chi connectivity index (χ1n) is 7.50. The van der Waals surface area contributed by atoms with Crippen molar-refractivity contribution >= 4 is 43.2 Å². The third kappa shape index (κ3) is 1.45. The Balaban J connectivity index is 2.24. The van der Waals surface area contributed by atoms with Crippen molar-refractivity contribution in [1.82, 2.24) is 4.98 Å². The molecule has 0 spiro atoms. The predicted molar refractivity (Wildman–Crippen MR) is 94.3 cm³/mol. The van der Waals surface area contributed by atoms with Crippen LogP contribution < -0.4 is 0 Å². The molecule has 4 aromatic carbocycles. The minimum Gasteiger partial charge on any atom is -0.256 e. The lowest BCUT2D eigenvalue weighted by atomic mass is 9.92. The maximum atomic E-state index is 4.52. The highest BCUT2D eigenvalue weighted by atomic mass is 14.6. The van der Waals surface area contributed by atoms with Gasteiger partial charge in [-0.2, -0.15) is 0 Å². The molecule has 5 aromatic rings. The summed E-state index contributed by atoms with van der Waals surface area (Å²) in [6.07, 6.45) is 1.86. The van der Waals surface area contributed by atoms with Gasteiger partial charge in [0, 0.05) is 11.6 Å². The highest BCUT2D eigenvalue weighted by Gasteiger charge is 2.10. The molecule has 0 bridgehead atoms. The predicted octanol–water partition coefficient (Wildman–Crippen LogP) is 5.69. The number of aromatic nitrogens is 1. The topological polar surface area (TPSA) is 12.9 Å². The Bertz CT molecular complexity index is 1130. The Kier molecular flexibility index (Phi) is 2.28. The van der Waals surface area contributed by atoms with Crippen molar-refractivity contribution in [2.24, 2.45) is 0 Å². The van der Waals surface area contributed by atoms with Crippen LogP contribution in [0.5, 0.6) is 0 Å². The van der Waals surface area contributed by atoms with Crippen molar-refractivity contribution in [1.29, 1.82) is 0 Å². The molecule has 0 atom stereocenters. The Morgan fingerprint density at radius 2 is 1.00 bits per heavy atom. The number of hydrogen-bond donors (Lipinski definition) is 0. The first-order chi connectivity index (χ1) is 10.9. The van der Waals surface area contributed by atoms with E-state index in [1.54, 1.807) is 0 Å². The van der Waals surface area contributed by atoms with Gasteiger partial charge < -0.3 is 0 Å². The first kappa shape index (κ1) is 11.7. The molecule has 0 saturated carbocycles. The molecule has 0 radical (unpaired) electrons. The lowest BCUT2D eigenvalue weighted by Gasteiger charge is -2.12. The molecule has 0 amide bonds. The van der Waals surface area contributed by atoms with Crippen molar-refractivity contribution < 1.29 is 0 Å². The van der Waals surface area contributed by atoms with Crippen LogP contribution in [-0.2, 0) is 0 Å². The van der Waals surface area contributed by atoms with Crippen molar-refractivity contribution in [2.75, 3.05) is 0 Å². The molecule has 0 aliphatic heterocycles. The summed E-state index contributed by atoms with van der Waals surface area (Å²) in [5.74, 6) is 0. The maximum absolute atomic E-state index is 4.52. The van der Waals surface area contributed by atoms with Crippen molar-refractivity contribution in [2.45, 2.75) is 0 Å². The van der Waals surface area contributed by atoms with Gasteiger partial charge in [-0.1, -0.05) is 60.7 Å². The van der Waals surface area contributed by atoms with E-state index >= 15 is 0 Å². The van der Waals surface area contributed by atoms with Gasteiger partial charge in [-0.15, -0.1) is 0 Å². The Hall–Kier alpha value is -2.93. The number of pyridine rings is 1. The Morgan fingerprint density at radius 1 is 0.455 bits per heavy atom. The van der Waals surface area contributed by atoms with Crippen molar-refractivity contribution in [3.63, 3.8) is 0 Å². The minimum absolute atomic E-state index is 1.05. The Labute approximate surface area is 127 Å². The molecule has 1 nitrogen and oxygen atoms in total. The average Bonchev–Trinajstić information content (AvgIpc) is 2.61. The van der Waals surface area contributed by atoms with E-state index in [0.29, 0.717) is 0 Å². The lowest BCUT2D eigenvalue weighted by molar-refractivity contribution is 1.42. The summed E-state index contributed by atoms with van der Waals surface area (Å²) in [5.41, 5.74) is 1.05. The van der Waals surface area contributed by atoms with Crippen LogP contribution in [-0.4, -0.2) is 4.98 Å². The molecule has 22 heavy (non-hydrogen) atoms. The van der Waals surface area contributed by atoms with E-state index in [4.69, 9.17) is 0 Å². The summed E-state index contributed by atoms with van der Waals surface area (Å²) in [4.78, 5) is 4.52. The molecule has 0 aliphatic carbocycles. The molecule has 0 unspecified atom stereocenters. The third-order valence-corrected chi connectivity index (χ3v) is 4.49. The van der Waals surface area contributed by atoms with Gasteiger partial charge >= 0.3 is 0 Å². The zero-order valence-electron chi connectivity index (χ0n) is 12.0. The van der Waals surface area contributed by atoms with Crippen LogP contribution in [0, 0.1) is 0 Å². The van der Waals surface area contributed by atoms with Gasteiger partial charge in [0.1, 0.15) is 0 Å². The van der Waals surface area contributed by atoms with E-state index in [1.807, 2.05) is 12.3 Å². The number of rotatable bonds is 0. The second kappa shape index (κ2) is 4.28.